The summed E-state index contributed by atoms with van der Waals surface area (Å²) in [5.41, 5.74) is 0.554. The standard InChI is InChI=1S/C10H13N3O3/c1-3-12-7-4-5-9(13(15)16)8(6-7)10(14)11-2/h4-6,12H,3H2,1-2H3,(H,11,14). The van der Waals surface area contributed by atoms with Gasteiger partial charge in [0.25, 0.3) is 11.6 Å². The van der Waals surface area contributed by atoms with Gasteiger partial charge in [0.1, 0.15) is 5.56 Å². The summed E-state index contributed by atoms with van der Waals surface area (Å²) in [5.74, 6) is -0.466. The smallest absolute Gasteiger partial charge is 0.282 e. The maximum Gasteiger partial charge on any atom is 0.282 e. The van der Waals surface area contributed by atoms with Crippen molar-refractivity contribution in [2.24, 2.45) is 0 Å². The number of hydrogen-bond donors (Lipinski definition) is 2. The first-order valence-electron chi connectivity index (χ1n) is 4.84. The fourth-order valence-corrected chi connectivity index (χ4v) is 1.33. The molecule has 0 saturated heterocycles. The molecule has 0 unspecified atom stereocenters. The van der Waals surface area contributed by atoms with Gasteiger partial charge in [0.05, 0.1) is 4.92 Å². The summed E-state index contributed by atoms with van der Waals surface area (Å²) in [5, 5.41) is 16.1. The normalized spacial score (nSPS) is 9.62. The van der Waals surface area contributed by atoms with Gasteiger partial charge in [0, 0.05) is 25.3 Å². The number of carbonyl (C=O) groups excluding carboxylic acids is 1. The Labute approximate surface area is 92.8 Å². The molecule has 2 N–H and O–H groups in total. The molecule has 0 spiro atoms. The van der Waals surface area contributed by atoms with Crippen LogP contribution >= 0.6 is 0 Å². The molecule has 0 aliphatic heterocycles. The van der Waals surface area contributed by atoms with Crippen LogP contribution in [0.1, 0.15) is 17.3 Å². The first kappa shape index (κ1) is 12.0. The largest absolute Gasteiger partial charge is 0.385 e. The SMILES string of the molecule is CCNc1ccc([N+](=O)[O-])c(C(=O)NC)c1. The molecule has 86 valence electrons. The predicted molar refractivity (Wildman–Crippen MR) is 60.7 cm³/mol. The van der Waals surface area contributed by atoms with Crippen molar-refractivity contribution in [1.82, 2.24) is 5.32 Å². The van der Waals surface area contributed by atoms with Gasteiger partial charge in [-0.25, -0.2) is 0 Å². The van der Waals surface area contributed by atoms with Gasteiger partial charge in [-0.3, -0.25) is 14.9 Å². The molecule has 0 radical (unpaired) electrons. The molecular formula is C10H13N3O3. The van der Waals surface area contributed by atoms with Crippen LogP contribution in [0.25, 0.3) is 0 Å². The Kier molecular flexibility index (Phi) is 3.82. The van der Waals surface area contributed by atoms with E-state index in [1.165, 1.54) is 19.2 Å². The third-order valence-corrected chi connectivity index (χ3v) is 2.05. The molecule has 0 fully saturated rings. The third-order valence-electron chi connectivity index (χ3n) is 2.05. The summed E-state index contributed by atoms with van der Waals surface area (Å²) < 4.78 is 0. The van der Waals surface area contributed by atoms with Crippen molar-refractivity contribution in [2.75, 3.05) is 18.9 Å². The lowest BCUT2D eigenvalue weighted by Gasteiger charge is -2.06. The minimum absolute atomic E-state index is 0.0611. The average molecular weight is 223 g/mol. The average Bonchev–Trinajstić information content (AvgIpc) is 2.28. The van der Waals surface area contributed by atoms with Crippen molar-refractivity contribution >= 4 is 17.3 Å². The number of nitrogens with one attached hydrogen (secondary N) is 2. The Balaban J connectivity index is 3.21. The molecule has 0 aliphatic carbocycles. The molecule has 0 aromatic heterocycles. The van der Waals surface area contributed by atoms with Crippen LogP contribution in [-0.2, 0) is 0 Å². The van der Waals surface area contributed by atoms with Gasteiger partial charge in [-0.2, -0.15) is 0 Å². The highest BCUT2D eigenvalue weighted by atomic mass is 16.6. The number of hydrogen-bond acceptors (Lipinski definition) is 4. The lowest BCUT2D eigenvalue weighted by Crippen LogP contribution is -2.19. The van der Waals surface area contributed by atoms with Crippen LogP contribution in [0.5, 0.6) is 0 Å². The van der Waals surface area contributed by atoms with Crippen molar-refractivity contribution < 1.29 is 9.72 Å². The van der Waals surface area contributed by atoms with E-state index in [0.29, 0.717) is 12.2 Å². The van der Waals surface area contributed by atoms with E-state index in [-0.39, 0.29) is 11.3 Å². The second-order valence-electron chi connectivity index (χ2n) is 3.10. The number of benzene rings is 1. The lowest BCUT2D eigenvalue weighted by molar-refractivity contribution is -0.385. The summed E-state index contributed by atoms with van der Waals surface area (Å²) in [7, 11) is 1.44. The van der Waals surface area contributed by atoms with Crippen LogP contribution < -0.4 is 10.6 Å². The monoisotopic (exact) mass is 223 g/mol. The minimum Gasteiger partial charge on any atom is -0.385 e. The second-order valence-corrected chi connectivity index (χ2v) is 3.10. The zero-order valence-corrected chi connectivity index (χ0v) is 9.11. The number of carbonyl (C=O) groups is 1. The van der Waals surface area contributed by atoms with Gasteiger partial charge < -0.3 is 10.6 Å². The van der Waals surface area contributed by atoms with E-state index in [1.54, 1.807) is 6.07 Å². The molecule has 1 aromatic rings. The molecule has 1 rings (SSSR count). The number of rotatable bonds is 4. The molecule has 16 heavy (non-hydrogen) atoms. The van der Waals surface area contributed by atoms with E-state index in [4.69, 9.17) is 0 Å². The molecule has 0 aliphatic rings. The topological polar surface area (TPSA) is 84.3 Å². The van der Waals surface area contributed by atoms with Crippen molar-refractivity contribution in [3.8, 4) is 0 Å². The summed E-state index contributed by atoms with van der Waals surface area (Å²) in [6.07, 6.45) is 0. The third kappa shape index (κ3) is 2.47. The fourth-order valence-electron chi connectivity index (χ4n) is 1.33. The minimum atomic E-state index is -0.569. The van der Waals surface area contributed by atoms with Crippen molar-refractivity contribution in [2.45, 2.75) is 6.92 Å². The van der Waals surface area contributed by atoms with Crippen molar-refractivity contribution in [3.63, 3.8) is 0 Å². The summed E-state index contributed by atoms with van der Waals surface area (Å²) in [6, 6.07) is 4.37. The molecular weight excluding hydrogens is 210 g/mol. The molecule has 0 saturated carbocycles. The summed E-state index contributed by atoms with van der Waals surface area (Å²) in [6.45, 7) is 2.59. The number of nitro groups is 1. The summed E-state index contributed by atoms with van der Waals surface area (Å²) in [4.78, 5) is 21.6. The molecule has 1 aromatic carbocycles. The molecule has 0 atom stereocenters. The first-order chi connectivity index (χ1) is 7.60. The Bertz CT molecular complexity index is 418. The van der Waals surface area contributed by atoms with E-state index >= 15 is 0 Å². The molecule has 6 nitrogen and oxygen atoms in total. The Morgan fingerprint density at radius 1 is 1.50 bits per heavy atom. The highest BCUT2D eigenvalue weighted by Crippen LogP contribution is 2.22. The molecule has 0 heterocycles. The highest BCUT2D eigenvalue weighted by Gasteiger charge is 2.19. The lowest BCUT2D eigenvalue weighted by atomic mass is 10.1. The number of amides is 1. The summed E-state index contributed by atoms with van der Waals surface area (Å²) >= 11 is 0. The Morgan fingerprint density at radius 3 is 2.69 bits per heavy atom. The predicted octanol–water partition coefficient (Wildman–Crippen LogP) is 1.39. The second kappa shape index (κ2) is 5.11. The van der Waals surface area contributed by atoms with E-state index < -0.39 is 10.8 Å². The Hall–Kier alpha value is -2.11. The van der Waals surface area contributed by atoms with Crippen LogP contribution in [-0.4, -0.2) is 24.4 Å². The number of anilines is 1. The quantitative estimate of drug-likeness (QED) is 0.596. The zero-order valence-electron chi connectivity index (χ0n) is 9.11. The van der Waals surface area contributed by atoms with E-state index in [9.17, 15) is 14.9 Å². The van der Waals surface area contributed by atoms with E-state index in [0.717, 1.165) is 0 Å². The molecule has 6 heteroatoms. The Morgan fingerprint density at radius 2 is 2.19 bits per heavy atom. The van der Waals surface area contributed by atoms with Gasteiger partial charge in [-0.05, 0) is 19.1 Å². The fraction of sp³-hybridized carbons (Fsp3) is 0.300. The van der Waals surface area contributed by atoms with Crippen LogP contribution in [0.3, 0.4) is 0 Å². The van der Waals surface area contributed by atoms with Crippen molar-refractivity contribution in [3.05, 3.63) is 33.9 Å². The first-order valence-corrected chi connectivity index (χ1v) is 4.84. The van der Waals surface area contributed by atoms with Gasteiger partial charge >= 0.3 is 0 Å². The number of nitro benzene ring substituents is 1. The highest BCUT2D eigenvalue weighted by molar-refractivity contribution is 5.98. The molecule has 0 bridgehead atoms. The molecule has 1 amide bonds. The van der Waals surface area contributed by atoms with Gasteiger partial charge in [0.2, 0.25) is 0 Å². The van der Waals surface area contributed by atoms with Gasteiger partial charge in [0.15, 0.2) is 0 Å². The number of nitrogens with zero attached hydrogens (tertiary/aromatic N) is 1. The van der Waals surface area contributed by atoms with Crippen molar-refractivity contribution in [1.29, 1.82) is 0 Å². The van der Waals surface area contributed by atoms with Crippen LogP contribution in [0, 0.1) is 10.1 Å². The van der Waals surface area contributed by atoms with E-state index in [1.807, 2.05) is 6.92 Å². The van der Waals surface area contributed by atoms with Gasteiger partial charge in [-0.1, -0.05) is 0 Å². The zero-order chi connectivity index (χ0) is 12.1. The van der Waals surface area contributed by atoms with Crippen LogP contribution in [0.4, 0.5) is 11.4 Å². The van der Waals surface area contributed by atoms with Gasteiger partial charge in [-0.15, -0.1) is 0 Å². The van der Waals surface area contributed by atoms with Crippen LogP contribution in [0.2, 0.25) is 0 Å². The van der Waals surface area contributed by atoms with E-state index in [2.05, 4.69) is 10.6 Å². The van der Waals surface area contributed by atoms with Crippen LogP contribution in [0.15, 0.2) is 18.2 Å². The maximum absolute atomic E-state index is 11.5. The maximum atomic E-state index is 11.5.